The molecule has 2 rings (SSSR count). The second-order valence-corrected chi connectivity index (χ2v) is 5.43. The Morgan fingerprint density at radius 3 is 2.83 bits per heavy atom. The van der Waals surface area contributed by atoms with E-state index in [-0.39, 0.29) is 0 Å². The van der Waals surface area contributed by atoms with Gasteiger partial charge in [-0.3, -0.25) is 0 Å². The molecule has 1 heterocycles. The summed E-state index contributed by atoms with van der Waals surface area (Å²) < 4.78 is 3.22. The fourth-order valence-electron chi connectivity index (χ4n) is 1.01. The topological polar surface area (TPSA) is 0 Å². The third kappa shape index (κ3) is 0.376. The minimum atomic E-state index is 0.715. The summed E-state index contributed by atoms with van der Waals surface area (Å²) in [7, 11) is 0. The van der Waals surface area contributed by atoms with Gasteiger partial charge in [-0.25, -0.2) is 0 Å². The summed E-state index contributed by atoms with van der Waals surface area (Å²) in [5, 5.41) is 0. The van der Waals surface area contributed by atoms with Crippen molar-refractivity contribution in [2.24, 2.45) is 0 Å². The molecule has 0 spiro atoms. The Morgan fingerprint density at radius 2 is 2.67 bits per heavy atom. The zero-order chi connectivity index (χ0) is 3.98. The highest BCUT2D eigenvalue weighted by atomic mass is 127. The zero-order valence-corrected chi connectivity index (χ0v) is 5.73. The van der Waals surface area contributed by atoms with Gasteiger partial charge < -0.3 is 0 Å². The molecule has 1 saturated carbocycles. The van der Waals surface area contributed by atoms with Crippen LogP contribution in [-0.2, 0) is 0 Å². The van der Waals surface area contributed by atoms with Crippen LogP contribution in [0, 0.1) is 0 Å². The highest BCUT2D eigenvalue weighted by Crippen LogP contribution is 2.43. The van der Waals surface area contributed by atoms with Gasteiger partial charge in [-0.2, -0.15) is 0 Å². The van der Waals surface area contributed by atoms with Gasteiger partial charge in [0, 0.05) is 3.92 Å². The Labute approximate surface area is 47.7 Å². The molecular formula is C5H7I. The minimum absolute atomic E-state index is 0.715. The SMILES string of the molecule is C1CC2=IC2C1. The third-order valence-electron chi connectivity index (χ3n) is 1.44. The first-order chi connectivity index (χ1) is 2.97. The van der Waals surface area contributed by atoms with Crippen LogP contribution in [0.1, 0.15) is 19.3 Å². The van der Waals surface area contributed by atoms with E-state index in [1.54, 1.807) is 6.42 Å². The maximum atomic E-state index is 1.98. The molecule has 34 valence electrons. The van der Waals surface area contributed by atoms with Crippen LogP contribution in [0.25, 0.3) is 0 Å². The standard InChI is InChI=1S/C5H7I/c1-2-4-5(3-1)6-4/h4H,1-3H2. The maximum Gasteiger partial charge on any atom is 0.0325 e. The van der Waals surface area contributed by atoms with Crippen LogP contribution in [-0.4, -0.2) is 7.43 Å². The number of rotatable bonds is 0. The molecular weight excluding hydrogens is 187 g/mol. The Hall–Kier alpha value is 0.600. The number of halogens is 1. The van der Waals surface area contributed by atoms with Crippen molar-refractivity contribution in [1.29, 1.82) is 0 Å². The lowest BCUT2D eigenvalue weighted by Gasteiger charge is -1.76. The lowest BCUT2D eigenvalue weighted by molar-refractivity contribution is 0.903. The van der Waals surface area contributed by atoms with Crippen molar-refractivity contribution in [3.63, 3.8) is 0 Å². The van der Waals surface area contributed by atoms with Gasteiger partial charge in [0.05, 0.1) is 0 Å². The molecule has 0 aromatic carbocycles. The molecule has 0 saturated heterocycles. The largest absolute Gasteiger partial charge is 0.114 e. The van der Waals surface area contributed by atoms with Crippen molar-refractivity contribution < 1.29 is 0 Å². The van der Waals surface area contributed by atoms with Crippen LogP contribution in [0.15, 0.2) is 0 Å². The van der Waals surface area contributed by atoms with Crippen LogP contribution < -0.4 is 0 Å². The summed E-state index contributed by atoms with van der Waals surface area (Å²) in [5.74, 6) is 0. The van der Waals surface area contributed by atoms with Crippen LogP contribution in [0.3, 0.4) is 0 Å². The van der Waals surface area contributed by atoms with Crippen molar-refractivity contribution in [2.75, 3.05) is 0 Å². The summed E-state index contributed by atoms with van der Waals surface area (Å²) >= 11 is 0.715. The van der Waals surface area contributed by atoms with Crippen molar-refractivity contribution in [3.8, 4) is 0 Å². The number of alkyl halides is 1. The molecule has 0 bridgehead atoms. The number of fused-ring (bicyclic) bond motifs is 1. The van der Waals surface area contributed by atoms with E-state index < -0.39 is 0 Å². The van der Waals surface area contributed by atoms with E-state index in [9.17, 15) is 0 Å². The molecule has 1 unspecified atom stereocenters. The van der Waals surface area contributed by atoms with Crippen molar-refractivity contribution in [3.05, 3.63) is 0 Å². The van der Waals surface area contributed by atoms with Gasteiger partial charge in [-0.15, -0.1) is 20.7 Å². The number of hydrogen-bond acceptors (Lipinski definition) is 0. The fourth-order valence-corrected chi connectivity index (χ4v) is 3.86. The molecule has 2 aliphatic rings. The molecule has 0 N–H and O–H groups in total. The average molecular weight is 194 g/mol. The smallest absolute Gasteiger partial charge is 0.0325 e. The monoisotopic (exact) mass is 194 g/mol. The molecule has 0 amide bonds. The predicted molar refractivity (Wildman–Crippen MR) is 36.7 cm³/mol. The van der Waals surface area contributed by atoms with Gasteiger partial charge in [0.2, 0.25) is 0 Å². The van der Waals surface area contributed by atoms with Crippen molar-refractivity contribution >= 4 is 24.2 Å². The number of hydrogen-bond donors (Lipinski definition) is 0. The first kappa shape index (κ1) is 3.58. The van der Waals surface area contributed by atoms with Gasteiger partial charge in [0.1, 0.15) is 0 Å². The Kier molecular flexibility index (Phi) is 0.630. The minimum Gasteiger partial charge on any atom is -0.114 e. The summed E-state index contributed by atoms with van der Waals surface area (Å²) in [6, 6.07) is 0. The molecule has 1 aliphatic heterocycles. The van der Waals surface area contributed by atoms with Gasteiger partial charge in [-0.1, -0.05) is 0 Å². The second kappa shape index (κ2) is 1.05. The normalized spacial score (nSPS) is 40.0. The predicted octanol–water partition coefficient (Wildman–Crippen LogP) is 1.70. The molecule has 1 atom stereocenters. The third-order valence-corrected chi connectivity index (χ3v) is 4.98. The first-order valence-corrected chi connectivity index (χ1v) is 4.78. The van der Waals surface area contributed by atoms with Crippen LogP contribution in [0.2, 0.25) is 0 Å². The average Bonchev–Trinajstić information content (AvgIpc) is 2.17. The van der Waals surface area contributed by atoms with Crippen LogP contribution in [0.5, 0.6) is 0 Å². The summed E-state index contributed by atoms with van der Waals surface area (Å²) in [6.07, 6.45) is 4.63. The highest BCUT2D eigenvalue weighted by Gasteiger charge is 2.30. The lowest BCUT2D eigenvalue weighted by atomic mass is 10.4. The van der Waals surface area contributed by atoms with E-state index in [4.69, 9.17) is 0 Å². The molecule has 0 aromatic heterocycles. The fraction of sp³-hybridized carbons (Fsp3) is 0.800. The Morgan fingerprint density at radius 1 is 1.67 bits per heavy atom. The second-order valence-electron chi connectivity index (χ2n) is 1.92. The molecule has 0 radical (unpaired) electrons. The summed E-state index contributed by atoms with van der Waals surface area (Å²) in [6.45, 7) is 0. The summed E-state index contributed by atoms with van der Waals surface area (Å²) in [4.78, 5) is 0. The van der Waals surface area contributed by atoms with Gasteiger partial charge in [0.15, 0.2) is 0 Å². The van der Waals surface area contributed by atoms with E-state index in [0.717, 1.165) is 0 Å². The molecule has 1 heteroatoms. The summed E-state index contributed by atoms with van der Waals surface area (Å²) in [5.41, 5.74) is 0. The van der Waals surface area contributed by atoms with E-state index in [0.29, 0.717) is 20.7 Å². The van der Waals surface area contributed by atoms with Gasteiger partial charge in [0.25, 0.3) is 0 Å². The van der Waals surface area contributed by atoms with E-state index in [1.807, 2.05) is 3.51 Å². The molecule has 6 heavy (non-hydrogen) atoms. The van der Waals surface area contributed by atoms with Crippen LogP contribution in [0.4, 0.5) is 0 Å². The van der Waals surface area contributed by atoms with Gasteiger partial charge >= 0.3 is 0 Å². The quantitative estimate of drug-likeness (QED) is 0.406. The lowest BCUT2D eigenvalue weighted by Crippen LogP contribution is -1.78. The molecule has 0 nitrogen and oxygen atoms in total. The van der Waals surface area contributed by atoms with E-state index >= 15 is 0 Å². The van der Waals surface area contributed by atoms with E-state index in [1.165, 1.54) is 16.8 Å². The molecule has 0 aromatic rings. The molecule has 1 fully saturated rings. The van der Waals surface area contributed by atoms with Crippen molar-refractivity contribution in [1.82, 2.24) is 0 Å². The Balaban J connectivity index is 2.22. The van der Waals surface area contributed by atoms with Crippen LogP contribution >= 0.6 is 20.7 Å². The molecule has 1 aliphatic carbocycles. The maximum absolute atomic E-state index is 1.98. The Bertz CT molecular complexity index is 105. The first-order valence-electron chi connectivity index (χ1n) is 2.46. The zero-order valence-electron chi connectivity index (χ0n) is 3.58. The van der Waals surface area contributed by atoms with Gasteiger partial charge in [-0.05, 0) is 22.8 Å². The van der Waals surface area contributed by atoms with Crippen molar-refractivity contribution in [2.45, 2.75) is 23.2 Å². The van der Waals surface area contributed by atoms with E-state index in [2.05, 4.69) is 0 Å². The highest BCUT2D eigenvalue weighted by molar-refractivity contribution is 14.2.